The van der Waals surface area contributed by atoms with Gasteiger partial charge in [0.1, 0.15) is 18.6 Å². The van der Waals surface area contributed by atoms with Crippen LogP contribution in [0.3, 0.4) is 0 Å². The number of hydrogen-bond donors (Lipinski definition) is 0. The van der Waals surface area contributed by atoms with E-state index < -0.39 is 0 Å². The molecule has 6 heteroatoms. The Bertz CT molecular complexity index is 618. The van der Waals surface area contributed by atoms with Gasteiger partial charge in [0.2, 0.25) is 5.91 Å². The van der Waals surface area contributed by atoms with Crippen molar-refractivity contribution in [1.82, 2.24) is 9.80 Å². The van der Waals surface area contributed by atoms with Crippen molar-refractivity contribution in [3.63, 3.8) is 0 Å². The van der Waals surface area contributed by atoms with E-state index in [1.54, 1.807) is 11.8 Å². The number of fused-ring (bicyclic) bond motifs is 1. The van der Waals surface area contributed by atoms with E-state index in [4.69, 9.17) is 9.47 Å². The molecule has 1 saturated heterocycles. The molecule has 0 aromatic heterocycles. The summed E-state index contributed by atoms with van der Waals surface area (Å²) in [5, 5.41) is 0.0507. The van der Waals surface area contributed by atoms with Gasteiger partial charge < -0.3 is 19.3 Å². The topological polar surface area (TPSA) is 42.0 Å². The summed E-state index contributed by atoms with van der Waals surface area (Å²) in [6.45, 7) is 7.28. The Morgan fingerprint density at radius 1 is 1.25 bits per heavy atom. The second-order valence-corrected chi connectivity index (χ2v) is 8.56. The van der Waals surface area contributed by atoms with Crippen LogP contribution in [0.15, 0.2) is 18.2 Å². The number of amides is 1. The Hall–Kier alpha value is -1.40. The number of hydrogen-bond acceptors (Lipinski definition) is 5. The van der Waals surface area contributed by atoms with Gasteiger partial charge in [0, 0.05) is 13.1 Å². The fraction of sp³-hybridized carbons (Fsp3) is 0.611. The van der Waals surface area contributed by atoms with E-state index in [9.17, 15) is 4.79 Å². The second-order valence-electron chi connectivity index (χ2n) is 7.49. The van der Waals surface area contributed by atoms with Gasteiger partial charge in [-0.25, -0.2) is 0 Å². The number of carbonyl (C=O) groups excluding carboxylic acids is 1. The van der Waals surface area contributed by atoms with E-state index >= 15 is 0 Å². The van der Waals surface area contributed by atoms with Gasteiger partial charge in [0.05, 0.1) is 5.75 Å². The first-order chi connectivity index (χ1) is 11.4. The highest BCUT2D eigenvalue weighted by molar-refractivity contribution is 8.00. The molecule has 0 radical (unpaired) electrons. The molecule has 0 aliphatic carbocycles. The molecule has 3 rings (SSSR count). The third-order valence-electron chi connectivity index (χ3n) is 4.16. The standard InChI is InChI=1S/C18H26N2O3S/c1-18(2,11-19(3)4)12-20-16(21)10-24-17(20)13-5-6-14-15(9-13)23-8-7-22-14/h5-6,9,17H,7-8,10-12H2,1-4H3. The maximum absolute atomic E-state index is 12.4. The van der Waals surface area contributed by atoms with E-state index in [2.05, 4.69) is 38.9 Å². The van der Waals surface area contributed by atoms with Crippen molar-refractivity contribution < 1.29 is 14.3 Å². The average Bonchev–Trinajstić information content (AvgIpc) is 2.86. The zero-order valence-corrected chi connectivity index (χ0v) is 15.7. The van der Waals surface area contributed by atoms with Crippen LogP contribution in [-0.4, -0.2) is 61.9 Å². The molecule has 0 bridgehead atoms. The smallest absolute Gasteiger partial charge is 0.233 e. The summed E-state index contributed by atoms with van der Waals surface area (Å²) >= 11 is 1.69. The Kier molecular flexibility index (Phi) is 4.97. The van der Waals surface area contributed by atoms with E-state index in [1.165, 1.54) is 0 Å². The van der Waals surface area contributed by atoms with Crippen molar-refractivity contribution in [2.24, 2.45) is 5.41 Å². The molecule has 1 amide bonds. The third-order valence-corrected chi connectivity index (χ3v) is 5.42. The van der Waals surface area contributed by atoms with Crippen molar-refractivity contribution in [2.75, 3.05) is 46.2 Å². The Balaban J connectivity index is 1.80. The quantitative estimate of drug-likeness (QED) is 0.817. The number of thioether (sulfide) groups is 1. The van der Waals surface area contributed by atoms with Gasteiger partial charge in [0.25, 0.3) is 0 Å². The predicted octanol–water partition coefficient (Wildman–Crippen LogP) is 2.62. The average molecular weight is 350 g/mol. The lowest BCUT2D eigenvalue weighted by molar-refractivity contribution is -0.129. The zero-order valence-electron chi connectivity index (χ0n) is 14.9. The molecule has 1 fully saturated rings. The van der Waals surface area contributed by atoms with E-state index in [0.717, 1.165) is 30.2 Å². The van der Waals surface area contributed by atoms with Gasteiger partial charge in [-0.3, -0.25) is 4.79 Å². The first-order valence-corrected chi connectivity index (χ1v) is 9.36. The highest BCUT2D eigenvalue weighted by Gasteiger charge is 2.37. The van der Waals surface area contributed by atoms with E-state index in [0.29, 0.717) is 19.0 Å². The minimum atomic E-state index is 0.0378. The molecule has 24 heavy (non-hydrogen) atoms. The van der Waals surface area contributed by atoms with Gasteiger partial charge >= 0.3 is 0 Å². The van der Waals surface area contributed by atoms with Crippen molar-refractivity contribution in [1.29, 1.82) is 0 Å². The minimum Gasteiger partial charge on any atom is -0.486 e. The maximum Gasteiger partial charge on any atom is 0.233 e. The third kappa shape index (κ3) is 3.81. The highest BCUT2D eigenvalue weighted by Crippen LogP contribution is 2.43. The molecule has 2 heterocycles. The Morgan fingerprint density at radius 3 is 2.67 bits per heavy atom. The minimum absolute atomic E-state index is 0.0378. The second kappa shape index (κ2) is 6.84. The van der Waals surface area contributed by atoms with Gasteiger partial charge in [-0.2, -0.15) is 0 Å². The van der Waals surface area contributed by atoms with Crippen LogP contribution in [0.2, 0.25) is 0 Å². The molecule has 132 valence electrons. The molecule has 0 saturated carbocycles. The van der Waals surface area contributed by atoms with Gasteiger partial charge in [0.15, 0.2) is 11.5 Å². The molecular formula is C18H26N2O3S. The lowest BCUT2D eigenvalue weighted by Gasteiger charge is -2.35. The summed E-state index contributed by atoms with van der Waals surface area (Å²) in [5.41, 5.74) is 1.15. The summed E-state index contributed by atoms with van der Waals surface area (Å²) in [4.78, 5) is 16.6. The molecule has 5 nitrogen and oxygen atoms in total. The lowest BCUT2D eigenvalue weighted by Crippen LogP contribution is -2.41. The molecule has 1 aromatic carbocycles. The van der Waals surface area contributed by atoms with Crippen LogP contribution in [-0.2, 0) is 4.79 Å². The van der Waals surface area contributed by atoms with Crippen LogP contribution in [0, 0.1) is 5.41 Å². The lowest BCUT2D eigenvalue weighted by atomic mass is 9.92. The summed E-state index contributed by atoms with van der Waals surface area (Å²) in [5.74, 6) is 2.33. The summed E-state index contributed by atoms with van der Waals surface area (Å²) in [6, 6.07) is 6.03. The highest BCUT2D eigenvalue weighted by atomic mass is 32.2. The first-order valence-electron chi connectivity index (χ1n) is 8.31. The number of rotatable bonds is 5. The van der Waals surface area contributed by atoms with Gasteiger partial charge in [-0.15, -0.1) is 11.8 Å². The van der Waals surface area contributed by atoms with Crippen LogP contribution >= 0.6 is 11.8 Å². The summed E-state index contributed by atoms with van der Waals surface area (Å²) in [6.07, 6.45) is 0. The van der Waals surface area contributed by atoms with Crippen molar-refractivity contribution in [3.8, 4) is 11.5 Å². The molecule has 0 N–H and O–H groups in total. The van der Waals surface area contributed by atoms with Gasteiger partial charge in [-0.1, -0.05) is 19.9 Å². The maximum atomic E-state index is 12.4. The summed E-state index contributed by atoms with van der Waals surface area (Å²) in [7, 11) is 4.14. The molecular weight excluding hydrogens is 324 g/mol. The number of nitrogens with zero attached hydrogens (tertiary/aromatic N) is 2. The molecule has 2 aliphatic rings. The summed E-state index contributed by atoms with van der Waals surface area (Å²) < 4.78 is 11.3. The first kappa shape index (κ1) is 17.4. The zero-order chi connectivity index (χ0) is 17.3. The van der Waals surface area contributed by atoms with Crippen LogP contribution < -0.4 is 9.47 Å². The van der Waals surface area contributed by atoms with Crippen molar-refractivity contribution >= 4 is 17.7 Å². The normalized spacial score (nSPS) is 20.8. The van der Waals surface area contributed by atoms with E-state index in [1.807, 2.05) is 17.0 Å². The molecule has 1 unspecified atom stereocenters. The van der Waals surface area contributed by atoms with Gasteiger partial charge in [-0.05, 0) is 37.2 Å². The monoisotopic (exact) mass is 350 g/mol. The molecule has 2 aliphatic heterocycles. The van der Waals surface area contributed by atoms with Crippen molar-refractivity contribution in [2.45, 2.75) is 19.2 Å². The predicted molar refractivity (Wildman–Crippen MR) is 96.7 cm³/mol. The Labute approximate surface area is 148 Å². The molecule has 0 spiro atoms. The fourth-order valence-electron chi connectivity index (χ4n) is 3.48. The SMILES string of the molecule is CN(C)CC(C)(C)CN1C(=O)CSC1c1ccc2c(c1)OCCO2. The molecule has 1 aromatic rings. The van der Waals surface area contributed by atoms with E-state index in [-0.39, 0.29) is 16.7 Å². The molecule has 1 atom stereocenters. The van der Waals surface area contributed by atoms with Crippen LogP contribution in [0.25, 0.3) is 0 Å². The number of carbonyl (C=O) groups is 1. The Morgan fingerprint density at radius 2 is 1.96 bits per heavy atom. The largest absolute Gasteiger partial charge is 0.486 e. The van der Waals surface area contributed by atoms with Crippen molar-refractivity contribution in [3.05, 3.63) is 23.8 Å². The van der Waals surface area contributed by atoms with Crippen LogP contribution in [0.4, 0.5) is 0 Å². The van der Waals surface area contributed by atoms with Crippen LogP contribution in [0.1, 0.15) is 24.8 Å². The number of ether oxygens (including phenoxy) is 2. The van der Waals surface area contributed by atoms with Crippen LogP contribution in [0.5, 0.6) is 11.5 Å². The fourth-order valence-corrected chi connectivity index (χ4v) is 4.66. The number of benzene rings is 1.